The Hall–Kier alpha value is -1.63. The zero-order valence-corrected chi connectivity index (χ0v) is 8.82. The molecule has 1 aliphatic rings. The minimum atomic E-state index is -2.00. The Morgan fingerprint density at radius 3 is 2.69 bits per heavy atom. The molecule has 0 saturated carbocycles. The van der Waals surface area contributed by atoms with Gasteiger partial charge in [0.15, 0.2) is 5.60 Å². The average molecular weight is 230 g/mol. The molecule has 0 aromatic rings. The van der Waals surface area contributed by atoms with Gasteiger partial charge in [-0.1, -0.05) is 0 Å². The van der Waals surface area contributed by atoms with Gasteiger partial charge in [0.2, 0.25) is 11.8 Å². The van der Waals surface area contributed by atoms with Crippen LogP contribution in [0.15, 0.2) is 0 Å². The van der Waals surface area contributed by atoms with E-state index in [-0.39, 0.29) is 12.3 Å². The number of carboxylic acids is 1. The van der Waals surface area contributed by atoms with Crippen LogP contribution in [0.25, 0.3) is 0 Å². The first-order chi connectivity index (χ1) is 7.33. The van der Waals surface area contributed by atoms with Crippen LogP contribution in [-0.2, 0) is 14.4 Å². The van der Waals surface area contributed by atoms with E-state index in [9.17, 15) is 19.5 Å². The highest BCUT2D eigenvalue weighted by Gasteiger charge is 2.33. The molecule has 1 heterocycles. The molecule has 2 amide bonds. The zero-order chi connectivity index (χ0) is 12.3. The van der Waals surface area contributed by atoms with E-state index in [4.69, 9.17) is 5.11 Å². The van der Waals surface area contributed by atoms with Crippen LogP contribution < -0.4 is 10.6 Å². The molecule has 7 nitrogen and oxygen atoms in total. The normalized spacial score (nSPS) is 23.4. The summed E-state index contributed by atoms with van der Waals surface area (Å²) in [5.74, 6) is -2.10. The van der Waals surface area contributed by atoms with Crippen LogP contribution in [0.4, 0.5) is 0 Å². The maximum Gasteiger partial charge on any atom is 0.337 e. The van der Waals surface area contributed by atoms with Crippen molar-refractivity contribution in [1.29, 1.82) is 0 Å². The second-order valence-corrected chi connectivity index (χ2v) is 3.96. The average Bonchev–Trinajstić information content (AvgIpc) is 2.61. The lowest BCUT2D eigenvalue weighted by atomic mass is 10.1. The maximum absolute atomic E-state index is 11.4. The number of hydrogen-bond donors (Lipinski definition) is 4. The fourth-order valence-electron chi connectivity index (χ4n) is 1.27. The van der Waals surface area contributed by atoms with Crippen molar-refractivity contribution < 1.29 is 24.6 Å². The Kier molecular flexibility index (Phi) is 3.48. The van der Waals surface area contributed by atoms with E-state index in [2.05, 4.69) is 10.6 Å². The van der Waals surface area contributed by atoms with Crippen molar-refractivity contribution in [1.82, 2.24) is 10.6 Å². The van der Waals surface area contributed by atoms with Gasteiger partial charge in [-0.15, -0.1) is 0 Å². The van der Waals surface area contributed by atoms with Gasteiger partial charge in [-0.25, -0.2) is 4.79 Å². The van der Waals surface area contributed by atoms with Gasteiger partial charge >= 0.3 is 5.97 Å². The van der Waals surface area contributed by atoms with E-state index in [1.54, 1.807) is 0 Å². The monoisotopic (exact) mass is 230 g/mol. The largest absolute Gasteiger partial charge is 0.479 e. The van der Waals surface area contributed by atoms with E-state index in [1.807, 2.05) is 0 Å². The molecule has 2 atom stereocenters. The number of nitrogens with one attached hydrogen (secondary N) is 2. The molecule has 0 aliphatic carbocycles. The molecule has 1 rings (SSSR count). The molecule has 7 heteroatoms. The SMILES string of the molecule is CC(O)(CNC(=O)[C@H]1CCC(=O)N1)C(=O)O. The van der Waals surface area contributed by atoms with Gasteiger partial charge in [0.05, 0.1) is 6.54 Å². The Morgan fingerprint density at radius 2 is 2.25 bits per heavy atom. The van der Waals surface area contributed by atoms with Crippen LogP contribution in [0.3, 0.4) is 0 Å². The number of carbonyl (C=O) groups excluding carboxylic acids is 2. The summed E-state index contributed by atoms with van der Waals surface area (Å²) in [4.78, 5) is 32.8. The summed E-state index contributed by atoms with van der Waals surface area (Å²) >= 11 is 0. The zero-order valence-electron chi connectivity index (χ0n) is 8.82. The van der Waals surface area contributed by atoms with Crippen molar-refractivity contribution in [2.24, 2.45) is 0 Å². The Balaban J connectivity index is 2.41. The fraction of sp³-hybridized carbons (Fsp3) is 0.667. The summed E-state index contributed by atoms with van der Waals surface area (Å²) in [5, 5.41) is 22.6. The molecule has 1 saturated heterocycles. The highest BCUT2D eigenvalue weighted by Crippen LogP contribution is 2.07. The third-order valence-corrected chi connectivity index (χ3v) is 2.38. The highest BCUT2D eigenvalue weighted by molar-refractivity contribution is 5.91. The summed E-state index contributed by atoms with van der Waals surface area (Å²) in [6.45, 7) is 0.691. The number of carboxylic acid groups (broad SMARTS) is 1. The van der Waals surface area contributed by atoms with Crippen molar-refractivity contribution >= 4 is 17.8 Å². The smallest absolute Gasteiger partial charge is 0.337 e. The van der Waals surface area contributed by atoms with Crippen LogP contribution in [-0.4, -0.2) is 46.2 Å². The number of rotatable bonds is 4. The van der Waals surface area contributed by atoms with Gasteiger partial charge in [0.1, 0.15) is 6.04 Å². The Bertz CT molecular complexity index is 326. The summed E-state index contributed by atoms with van der Waals surface area (Å²) < 4.78 is 0. The minimum absolute atomic E-state index is 0.204. The first-order valence-electron chi connectivity index (χ1n) is 4.86. The standard InChI is InChI=1S/C9H14N2O5/c1-9(16,8(14)15)4-10-7(13)5-2-3-6(12)11-5/h5,16H,2-4H2,1H3,(H,10,13)(H,11,12)(H,14,15)/t5-,9?/m1/s1. The summed E-state index contributed by atoms with van der Waals surface area (Å²) in [6.07, 6.45) is 0.674. The maximum atomic E-state index is 11.4. The molecule has 16 heavy (non-hydrogen) atoms. The molecular formula is C9H14N2O5. The first-order valence-corrected chi connectivity index (χ1v) is 4.86. The fourth-order valence-corrected chi connectivity index (χ4v) is 1.27. The van der Waals surface area contributed by atoms with Gasteiger partial charge in [-0.3, -0.25) is 9.59 Å². The van der Waals surface area contributed by atoms with Gasteiger partial charge in [0.25, 0.3) is 0 Å². The van der Waals surface area contributed by atoms with E-state index in [0.29, 0.717) is 6.42 Å². The van der Waals surface area contributed by atoms with Crippen LogP contribution in [0, 0.1) is 0 Å². The predicted octanol–water partition coefficient (Wildman–Crippen LogP) is -1.78. The second-order valence-electron chi connectivity index (χ2n) is 3.96. The molecule has 0 spiro atoms. The van der Waals surface area contributed by atoms with E-state index in [0.717, 1.165) is 6.92 Å². The molecule has 1 unspecified atom stereocenters. The summed E-state index contributed by atoms with van der Waals surface area (Å²) in [6, 6.07) is -0.628. The van der Waals surface area contributed by atoms with Gasteiger partial charge in [-0.05, 0) is 13.3 Å². The number of amides is 2. The molecule has 90 valence electrons. The number of carbonyl (C=O) groups is 3. The van der Waals surface area contributed by atoms with Crippen molar-refractivity contribution in [2.75, 3.05) is 6.54 Å². The van der Waals surface area contributed by atoms with Crippen molar-refractivity contribution in [2.45, 2.75) is 31.4 Å². The van der Waals surface area contributed by atoms with Gasteiger partial charge in [-0.2, -0.15) is 0 Å². The topological polar surface area (TPSA) is 116 Å². The predicted molar refractivity (Wildman–Crippen MR) is 52.4 cm³/mol. The Labute approximate surface area is 91.8 Å². The quantitative estimate of drug-likeness (QED) is 0.455. The lowest BCUT2D eigenvalue weighted by Crippen LogP contribution is -2.50. The minimum Gasteiger partial charge on any atom is -0.479 e. The molecule has 4 N–H and O–H groups in total. The Morgan fingerprint density at radius 1 is 1.62 bits per heavy atom. The van der Waals surface area contributed by atoms with E-state index < -0.39 is 30.1 Å². The van der Waals surface area contributed by atoms with Crippen LogP contribution in [0.2, 0.25) is 0 Å². The lowest BCUT2D eigenvalue weighted by molar-refractivity contribution is -0.156. The van der Waals surface area contributed by atoms with Gasteiger partial charge in [0, 0.05) is 6.42 Å². The van der Waals surface area contributed by atoms with Crippen molar-refractivity contribution in [3.63, 3.8) is 0 Å². The van der Waals surface area contributed by atoms with Crippen molar-refractivity contribution in [3.05, 3.63) is 0 Å². The molecule has 0 aromatic carbocycles. The molecular weight excluding hydrogens is 216 g/mol. The van der Waals surface area contributed by atoms with Crippen LogP contribution in [0.1, 0.15) is 19.8 Å². The summed E-state index contributed by atoms with van der Waals surface area (Å²) in [5.41, 5.74) is -2.00. The molecule has 1 fully saturated rings. The molecule has 0 bridgehead atoms. The number of aliphatic carboxylic acids is 1. The van der Waals surface area contributed by atoms with Crippen molar-refractivity contribution in [3.8, 4) is 0 Å². The van der Waals surface area contributed by atoms with Crippen LogP contribution in [0.5, 0.6) is 0 Å². The van der Waals surface area contributed by atoms with E-state index >= 15 is 0 Å². The van der Waals surface area contributed by atoms with Crippen LogP contribution >= 0.6 is 0 Å². The van der Waals surface area contributed by atoms with Gasteiger partial charge < -0.3 is 20.8 Å². The first kappa shape index (κ1) is 12.4. The third kappa shape index (κ3) is 2.93. The third-order valence-electron chi connectivity index (χ3n) is 2.38. The number of aliphatic hydroxyl groups is 1. The lowest BCUT2D eigenvalue weighted by Gasteiger charge is -2.19. The molecule has 0 aromatic heterocycles. The van der Waals surface area contributed by atoms with E-state index in [1.165, 1.54) is 0 Å². The second kappa shape index (κ2) is 4.48. The summed E-state index contributed by atoms with van der Waals surface area (Å²) in [7, 11) is 0. The highest BCUT2D eigenvalue weighted by atomic mass is 16.4. The molecule has 1 aliphatic heterocycles. The molecule has 0 radical (unpaired) electrons. The number of hydrogen-bond acceptors (Lipinski definition) is 4.